The van der Waals surface area contributed by atoms with Gasteiger partial charge in [0, 0.05) is 42.9 Å². The van der Waals surface area contributed by atoms with Gasteiger partial charge in [0.15, 0.2) is 0 Å². The summed E-state index contributed by atoms with van der Waals surface area (Å²) in [6.07, 6.45) is 6.94. The Bertz CT molecular complexity index is 615. The number of ether oxygens (including phenoxy) is 1. The predicted molar refractivity (Wildman–Crippen MR) is 74.6 cm³/mol. The zero-order valence-corrected chi connectivity index (χ0v) is 11.3. The molecule has 0 spiro atoms. The molecule has 1 aliphatic carbocycles. The van der Waals surface area contributed by atoms with E-state index in [1.807, 2.05) is 6.20 Å². The van der Waals surface area contributed by atoms with E-state index in [4.69, 9.17) is 4.74 Å². The van der Waals surface area contributed by atoms with Crippen molar-refractivity contribution in [2.75, 3.05) is 20.1 Å². The zero-order chi connectivity index (χ0) is 12.8. The molecule has 0 unspecified atom stereocenters. The summed E-state index contributed by atoms with van der Waals surface area (Å²) in [4.78, 5) is 10.4. The molecule has 1 N–H and O–H groups in total. The lowest BCUT2D eigenvalue weighted by Gasteiger charge is -2.11. The molecule has 0 radical (unpaired) electrons. The molecule has 1 saturated carbocycles. The number of hydrogen-bond donors (Lipinski definition) is 1. The zero-order valence-electron chi connectivity index (χ0n) is 11.3. The highest BCUT2D eigenvalue weighted by molar-refractivity contribution is 5.84. The van der Waals surface area contributed by atoms with E-state index in [1.165, 1.54) is 35.0 Å². The van der Waals surface area contributed by atoms with Crippen LogP contribution in [0.25, 0.3) is 10.9 Å². The van der Waals surface area contributed by atoms with Gasteiger partial charge in [0.05, 0.1) is 5.52 Å². The standard InChI is InChI=1S/C15H19N3O/c1-18-6-4-11-12-9-16-15(19-10-2-3-10)8-14(12)17-13(11)5-7-18/h8-10,17H,2-7H2,1H3. The molecule has 3 heterocycles. The molecule has 1 aliphatic heterocycles. The summed E-state index contributed by atoms with van der Waals surface area (Å²) < 4.78 is 5.77. The summed E-state index contributed by atoms with van der Waals surface area (Å²) >= 11 is 0. The molecule has 2 aromatic heterocycles. The van der Waals surface area contributed by atoms with E-state index in [9.17, 15) is 0 Å². The van der Waals surface area contributed by atoms with Crippen LogP contribution in [0.5, 0.6) is 5.88 Å². The molecule has 0 saturated heterocycles. The fourth-order valence-electron chi connectivity index (χ4n) is 2.82. The summed E-state index contributed by atoms with van der Waals surface area (Å²) in [7, 11) is 2.19. The van der Waals surface area contributed by atoms with Gasteiger partial charge in [0.2, 0.25) is 5.88 Å². The van der Waals surface area contributed by atoms with E-state index < -0.39 is 0 Å². The van der Waals surface area contributed by atoms with Crippen LogP contribution in [-0.2, 0) is 12.8 Å². The van der Waals surface area contributed by atoms with E-state index >= 15 is 0 Å². The second-order valence-corrected chi connectivity index (χ2v) is 5.77. The van der Waals surface area contributed by atoms with Crippen LogP contribution < -0.4 is 4.74 Å². The van der Waals surface area contributed by atoms with Crippen molar-refractivity contribution in [3.05, 3.63) is 23.5 Å². The minimum atomic E-state index is 0.409. The van der Waals surface area contributed by atoms with Gasteiger partial charge in [-0.25, -0.2) is 4.98 Å². The number of fused-ring (bicyclic) bond motifs is 3. The maximum Gasteiger partial charge on any atom is 0.215 e. The molecule has 19 heavy (non-hydrogen) atoms. The van der Waals surface area contributed by atoms with Crippen LogP contribution in [0.2, 0.25) is 0 Å². The van der Waals surface area contributed by atoms with Crippen molar-refractivity contribution in [3.8, 4) is 5.88 Å². The number of likely N-dealkylation sites (N-methyl/N-ethyl adjacent to an activating group) is 1. The van der Waals surface area contributed by atoms with Crippen molar-refractivity contribution in [2.24, 2.45) is 0 Å². The van der Waals surface area contributed by atoms with E-state index in [0.29, 0.717) is 6.10 Å². The number of nitrogens with one attached hydrogen (secondary N) is 1. The van der Waals surface area contributed by atoms with E-state index in [2.05, 4.69) is 28.0 Å². The van der Waals surface area contributed by atoms with E-state index in [-0.39, 0.29) is 0 Å². The minimum Gasteiger partial charge on any atom is -0.474 e. The van der Waals surface area contributed by atoms with Crippen LogP contribution in [0, 0.1) is 0 Å². The Balaban J connectivity index is 1.72. The molecule has 2 aliphatic rings. The third-order valence-corrected chi connectivity index (χ3v) is 4.15. The first-order valence-electron chi connectivity index (χ1n) is 7.14. The topological polar surface area (TPSA) is 41.2 Å². The number of hydrogen-bond acceptors (Lipinski definition) is 3. The van der Waals surface area contributed by atoms with Crippen molar-refractivity contribution in [3.63, 3.8) is 0 Å². The van der Waals surface area contributed by atoms with Gasteiger partial charge in [-0.3, -0.25) is 0 Å². The highest BCUT2D eigenvalue weighted by Gasteiger charge is 2.24. The minimum absolute atomic E-state index is 0.409. The molecule has 100 valence electrons. The average molecular weight is 257 g/mol. The molecular formula is C15H19N3O. The summed E-state index contributed by atoms with van der Waals surface area (Å²) in [5.41, 5.74) is 4.01. The van der Waals surface area contributed by atoms with Crippen LogP contribution in [0.3, 0.4) is 0 Å². The first kappa shape index (κ1) is 11.3. The van der Waals surface area contributed by atoms with Crippen LogP contribution in [0.15, 0.2) is 12.3 Å². The summed E-state index contributed by atoms with van der Waals surface area (Å²) in [5.74, 6) is 0.767. The Labute approximate surface area is 112 Å². The molecule has 4 heteroatoms. The predicted octanol–water partition coefficient (Wildman–Crippen LogP) is 2.13. The number of aromatic amines is 1. The lowest BCUT2D eigenvalue weighted by atomic mass is 10.1. The number of rotatable bonds is 2. The fraction of sp³-hybridized carbons (Fsp3) is 0.533. The quantitative estimate of drug-likeness (QED) is 0.896. The third kappa shape index (κ3) is 2.10. The Hall–Kier alpha value is -1.55. The van der Waals surface area contributed by atoms with Gasteiger partial charge in [-0.15, -0.1) is 0 Å². The summed E-state index contributed by atoms with van der Waals surface area (Å²) in [6.45, 7) is 2.25. The van der Waals surface area contributed by atoms with Gasteiger partial charge < -0.3 is 14.6 Å². The van der Waals surface area contributed by atoms with Gasteiger partial charge in [-0.05, 0) is 31.9 Å². The Morgan fingerprint density at radius 1 is 1.32 bits per heavy atom. The smallest absolute Gasteiger partial charge is 0.215 e. The van der Waals surface area contributed by atoms with E-state index in [1.54, 1.807) is 0 Å². The Morgan fingerprint density at radius 2 is 2.16 bits per heavy atom. The number of aromatic nitrogens is 2. The second-order valence-electron chi connectivity index (χ2n) is 5.77. The third-order valence-electron chi connectivity index (χ3n) is 4.15. The van der Waals surface area contributed by atoms with Crippen molar-refractivity contribution in [1.29, 1.82) is 0 Å². The molecule has 0 amide bonds. The maximum absolute atomic E-state index is 5.77. The van der Waals surface area contributed by atoms with Crippen molar-refractivity contribution >= 4 is 10.9 Å². The van der Waals surface area contributed by atoms with Crippen LogP contribution in [-0.4, -0.2) is 41.1 Å². The summed E-state index contributed by atoms with van der Waals surface area (Å²) in [6, 6.07) is 2.06. The van der Waals surface area contributed by atoms with E-state index in [0.717, 1.165) is 31.8 Å². The van der Waals surface area contributed by atoms with Gasteiger partial charge >= 0.3 is 0 Å². The summed E-state index contributed by atoms with van der Waals surface area (Å²) in [5, 5.41) is 1.27. The molecular weight excluding hydrogens is 238 g/mol. The molecule has 4 nitrogen and oxygen atoms in total. The normalized spacial score (nSPS) is 20.3. The van der Waals surface area contributed by atoms with Crippen molar-refractivity contribution in [2.45, 2.75) is 31.8 Å². The molecule has 0 atom stereocenters. The van der Waals surface area contributed by atoms with Crippen molar-refractivity contribution in [1.82, 2.24) is 14.9 Å². The van der Waals surface area contributed by atoms with Gasteiger partial charge in [0.1, 0.15) is 6.10 Å². The molecule has 2 aromatic rings. The monoisotopic (exact) mass is 257 g/mol. The number of H-pyrrole nitrogens is 1. The first-order valence-corrected chi connectivity index (χ1v) is 7.14. The SMILES string of the molecule is CN1CCc2[nH]c3cc(OC4CC4)ncc3c2CC1. The van der Waals surface area contributed by atoms with Crippen LogP contribution in [0.4, 0.5) is 0 Å². The highest BCUT2D eigenvalue weighted by atomic mass is 16.5. The molecule has 0 bridgehead atoms. The van der Waals surface area contributed by atoms with Gasteiger partial charge in [0.25, 0.3) is 0 Å². The maximum atomic E-state index is 5.77. The number of pyridine rings is 1. The highest BCUT2D eigenvalue weighted by Crippen LogP contribution is 2.30. The fourth-order valence-corrected chi connectivity index (χ4v) is 2.82. The Kier molecular flexibility index (Phi) is 2.52. The lowest BCUT2D eigenvalue weighted by molar-refractivity contribution is 0.291. The second kappa shape index (κ2) is 4.23. The molecule has 1 fully saturated rings. The average Bonchev–Trinajstić information content (AvgIpc) is 3.16. The lowest BCUT2D eigenvalue weighted by Crippen LogP contribution is -2.21. The van der Waals surface area contributed by atoms with Gasteiger partial charge in [-0.1, -0.05) is 0 Å². The molecule has 4 rings (SSSR count). The van der Waals surface area contributed by atoms with Crippen LogP contribution >= 0.6 is 0 Å². The van der Waals surface area contributed by atoms with Crippen molar-refractivity contribution < 1.29 is 4.74 Å². The largest absolute Gasteiger partial charge is 0.474 e. The van der Waals surface area contributed by atoms with Crippen LogP contribution in [0.1, 0.15) is 24.1 Å². The number of nitrogens with zero attached hydrogens (tertiary/aromatic N) is 2. The molecule has 0 aromatic carbocycles. The Morgan fingerprint density at radius 3 is 3.00 bits per heavy atom. The van der Waals surface area contributed by atoms with Gasteiger partial charge in [-0.2, -0.15) is 0 Å². The first-order chi connectivity index (χ1) is 9.29.